The summed E-state index contributed by atoms with van der Waals surface area (Å²) >= 11 is 6.33. The van der Waals surface area contributed by atoms with E-state index < -0.39 is 0 Å². The second-order valence-corrected chi connectivity index (χ2v) is 6.98. The Bertz CT molecular complexity index is 958. The van der Waals surface area contributed by atoms with Crippen molar-refractivity contribution >= 4 is 28.9 Å². The maximum absolute atomic E-state index is 12.0. The lowest BCUT2D eigenvalue weighted by Gasteiger charge is -2.13. The molecule has 3 rings (SSSR count). The van der Waals surface area contributed by atoms with Gasteiger partial charge in [0.25, 0.3) is 5.91 Å². The Hall–Kier alpha value is -2.98. The summed E-state index contributed by atoms with van der Waals surface area (Å²) in [6.07, 6.45) is 0. The Kier molecular flexibility index (Phi) is 6.56. The summed E-state index contributed by atoms with van der Waals surface area (Å²) in [5.41, 5.74) is 5.36. The number of aryl methyl sites for hydroxylation is 1. The molecule has 3 aromatic rings. The monoisotopic (exact) mass is 394 g/mol. The molecule has 0 aromatic heterocycles. The number of nitrogens with one attached hydrogen (secondary N) is 2. The minimum Gasteiger partial charge on any atom is -0.482 e. The highest BCUT2D eigenvalue weighted by Crippen LogP contribution is 2.26. The van der Waals surface area contributed by atoms with Crippen molar-refractivity contribution in [1.82, 2.24) is 0 Å². The van der Waals surface area contributed by atoms with Crippen molar-refractivity contribution in [3.8, 4) is 5.75 Å². The van der Waals surface area contributed by atoms with Crippen molar-refractivity contribution in [2.75, 3.05) is 17.2 Å². The van der Waals surface area contributed by atoms with Gasteiger partial charge >= 0.3 is 0 Å². The molecule has 1 amide bonds. The first-order valence-electron chi connectivity index (χ1n) is 9.09. The van der Waals surface area contributed by atoms with Crippen molar-refractivity contribution in [3.05, 3.63) is 88.4 Å². The van der Waals surface area contributed by atoms with Gasteiger partial charge in [0.2, 0.25) is 0 Å². The van der Waals surface area contributed by atoms with Gasteiger partial charge < -0.3 is 15.4 Å². The molecule has 3 aromatic carbocycles. The Morgan fingerprint density at radius 1 is 1.00 bits per heavy atom. The highest BCUT2D eigenvalue weighted by molar-refractivity contribution is 6.32. The van der Waals surface area contributed by atoms with Crippen LogP contribution in [0.1, 0.15) is 16.7 Å². The van der Waals surface area contributed by atoms with Crippen LogP contribution >= 0.6 is 11.6 Å². The molecule has 0 fully saturated rings. The van der Waals surface area contributed by atoms with Crippen LogP contribution in [-0.4, -0.2) is 12.5 Å². The Morgan fingerprint density at radius 2 is 1.79 bits per heavy atom. The molecule has 0 atom stereocenters. The molecule has 4 nitrogen and oxygen atoms in total. The van der Waals surface area contributed by atoms with Gasteiger partial charge in [-0.3, -0.25) is 4.79 Å². The summed E-state index contributed by atoms with van der Waals surface area (Å²) in [6, 6.07) is 21.0. The third-order valence-corrected chi connectivity index (χ3v) is 4.80. The predicted molar refractivity (Wildman–Crippen MR) is 115 cm³/mol. The summed E-state index contributed by atoms with van der Waals surface area (Å²) in [5.74, 6) is 0.253. The van der Waals surface area contributed by atoms with Gasteiger partial charge in [-0.2, -0.15) is 0 Å². The average molecular weight is 395 g/mol. The van der Waals surface area contributed by atoms with Crippen LogP contribution < -0.4 is 15.4 Å². The lowest BCUT2D eigenvalue weighted by Crippen LogP contribution is -2.20. The van der Waals surface area contributed by atoms with Crippen LogP contribution in [0.25, 0.3) is 0 Å². The number of halogens is 1. The molecular formula is C23H23ClN2O2. The first kappa shape index (κ1) is 19.8. The molecule has 0 unspecified atom stereocenters. The van der Waals surface area contributed by atoms with Gasteiger partial charge in [0.1, 0.15) is 5.75 Å². The van der Waals surface area contributed by atoms with Gasteiger partial charge in [-0.05, 0) is 60.9 Å². The number of ether oxygens (including phenoxy) is 1. The number of rotatable bonds is 7. The number of carbonyl (C=O) groups excluding carboxylic acids is 1. The van der Waals surface area contributed by atoms with Crippen molar-refractivity contribution in [3.63, 3.8) is 0 Å². The summed E-state index contributed by atoms with van der Waals surface area (Å²) in [5, 5.41) is 6.68. The van der Waals surface area contributed by atoms with Crippen LogP contribution in [0.4, 0.5) is 11.4 Å². The number of para-hydroxylation sites is 1. The molecular weight excluding hydrogens is 372 g/mol. The molecule has 5 heteroatoms. The second kappa shape index (κ2) is 9.29. The molecule has 0 radical (unpaired) electrons. The van der Waals surface area contributed by atoms with E-state index in [9.17, 15) is 4.79 Å². The van der Waals surface area contributed by atoms with E-state index >= 15 is 0 Å². The lowest BCUT2D eigenvalue weighted by atomic mass is 10.1. The number of benzene rings is 3. The second-order valence-electron chi connectivity index (χ2n) is 6.57. The van der Waals surface area contributed by atoms with Crippen LogP contribution in [0, 0.1) is 13.8 Å². The molecule has 0 aliphatic rings. The Labute approximate surface area is 170 Å². The third kappa shape index (κ3) is 5.27. The number of hydrogen-bond acceptors (Lipinski definition) is 3. The zero-order valence-corrected chi connectivity index (χ0v) is 16.7. The molecule has 0 bridgehead atoms. The maximum atomic E-state index is 12.0. The fourth-order valence-electron chi connectivity index (χ4n) is 2.77. The van der Waals surface area contributed by atoms with Crippen LogP contribution in [0.5, 0.6) is 5.75 Å². The lowest BCUT2D eigenvalue weighted by molar-refractivity contribution is -0.118. The number of amides is 1. The third-order valence-electron chi connectivity index (χ3n) is 4.50. The Morgan fingerprint density at radius 3 is 2.54 bits per heavy atom. The molecule has 0 saturated heterocycles. The predicted octanol–water partition coefficient (Wildman–Crippen LogP) is 5.59. The minimum atomic E-state index is -0.233. The maximum Gasteiger partial charge on any atom is 0.262 e. The molecule has 28 heavy (non-hydrogen) atoms. The van der Waals surface area contributed by atoms with Crippen LogP contribution in [-0.2, 0) is 11.3 Å². The van der Waals surface area contributed by atoms with Crippen LogP contribution in [0.15, 0.2) is 66.7 Å². The van der Waals surface area contributed by atoms with Gasteiger partial charge in [-0.25, -0.2) is 0 Å². The van der Waals surface area contributed by atoms with Gasteiger partial charge in [0.05, 0.1) is 5.02 Å². The van der Waals surface area contributed by atoms with E-state index in [4.69, 9.17) is 16.3 Å². The zero-order chi connectivity index (χ0) is 19.9. The fourth-order valence-corrected chi connectivity index (χ4v) is 3.03. The Balaban J connectivity index is 1.55. The first-order valence-corrected chi connectivity index (χ1v) is 9.47. The average Bonchev–Trinajstić information content (AvgIpc) is 2.69. The summed E-state index contributed by atoms with van der Waals surface area (Å²) in [6.45, 7) is 4.74. The van der Waals surface area contributed by atoms with E-state index in [2.05, 4.69) is 36.6 Å². The van der Waals surface area contributed by atoms with Gasteiger partial charge in [-0.15, -0.1) is 0 Å². The number of carbonyl (C=O) groups is 1. The van der Waals surface area contributed by atoms with Crippen LogP contribution in [0.3, 0.4) is 0 Å². The van der Waals surface area contributed by atoms with Gasteiger partial charge in [-0.1, -0.05) is 48.0 Å². The SMILES string of the molecule is Cc1cccc(NCc2ccc(OCC(=O)Nc3ccccc3)c(Cl)c2)c1C. The molecule has 0 spiro atoms. The number of anilines is 2. The van der Waals surface area contributed by atoms with Crippen molar-refractivity contribution in [2.24, 2.45) is 0 Å². The van der Waals surface area contributed by atoms with E-state index in [1.54, 1.807) is 6.07 Å². The summed E-state index contributed by atoms with van der Waals surface area (Å²) in [4.78, 5) is 12.0. The van der Waals surface area contributed by atoms with E-state index in [0.717, 1.165) is 16.9 Å². The smallest absolute Gasteiger partial charge is 0.262 e. The van der Waals surface area contributed by atoms with Gasteiger partial charge in [0.15, 0.2) is 6.61 Å². The van der Waals surface area contributed by atoms with Gasteiger partial charge in [0, 0.05) is 17.9 Å². The van der Waals surface area contributed by atoms with Crippen molar-refractivity contribution < 1.29 is 9.53 Å². The molecule has 144 valence electrons. The quantitative estimate of drug-likeness (QED) is 0.549. The fraction of sp³-hybridized carbons (Fsp3) is 0.174. The largest absolute Gasteiger partial charge is 0.482 e. The number of hydrogen-bond donors (Lipinski definition) is 2. The van der Waals surface area contributed by atoms with Crippen molar-refractivity contribution in [1.29, 1.82) is 0 Å². The standard InChI is InChI=1S/C23H23ClN2O2/c1-16-7-6-10-21(17(16)2)25-14-18-11-12-22(20(24)13-18)28-15-23(27)26-19-8-4-3-5-9-19/h3-13,25H,14-15H2,1-2H3,(H,26,27). The molecule has 2 N–H and O–H groups in total. The highest BCUT2D eigenvalue weighted by atomic mass is 35.5. The van der Waals surface area contributed by atoms with E-state index in [1.807, 2.05) is 48.5 Å². The highest BCUT2D eigenvalue weighted by Gasteiger charge is 2.08. The molecule has 0 aliphatic carbocycles. The van der Waals surface area contributed by atoms with Crippen molar-refractivity contribution in [2.45, 2.75) is 20.4 Å². The summed E-state index contributed by atoms with van der Waals surface area (Å²) < 4.78 is 5.56. The molecule has 0 saturated carbocycles. The van der Waals surface area contributed by atoms with E-state index in [0.29, 0.717) is 17.3 Å². The minimum absolute atomic E-state index is 0.102. The topological polar surface area (TPSA) is 50.4 Å². The van der Waals surface area contributed by atoms with E-state index in [1.165, 1.54) is 11.1 Å². The summed E-state index contributed by atoms with van der Waals surface area (Å²) in [7, 11) is 0. The molecule has 0 aliphatic heterocycles. The van der Waals surface area contributed by atoms with Crippen LogP contribution in [0.2, 0.25) is 5.02 Å². The zero-order valence-electron chi connectivity index (χ0n) is 16.0. The molecule has 0 heterocycles. The normalized spacial score (nSPS) is 10.4. The van der Waals surface area contributed by atoms with E-state index in [-0.39, 0.29) is 12.5 Å². The first-order chi connectivity index (χ1) is 13.5.